The number of aromatic nitrogens is 2. The third kappa shape index (κ3) is 5.16. The highest BCUT2D eigenvalue weighted by Gasteiger charge is 2.44. The van der Waals surface area contributed by atoms with Gasteiger partial charge in [-0.25, -0.2) is 0 Å². The van der Waals surface area contributed by atoms with Gasteiger partial charge in [0.25, 0.3) is 11.8 Å². The minimum atomic E-state index is -2.97. The lowest BCUT2D eigenvalue weighted by Gasteiger charge is -2.39. The third-order valence-electron chi connectivity index (χ3n) is 7.75. The number of carbonyl (C=O) groups is 3. The van der Waals surface area contributed by atoms with E-state index in [4.69, 9.17) is 11.6 Å². The van der Waals surface area contributed by atoms with Crippen molar-refractivity contribution < 1.29 is 27.9 Å². The molecule has 0 unspecified atom stereocenters. The van der Waals surface area contributed by atoms with Gasteiger partial charge in [0.2, 0.25) is 5.91 Å². The smallest absolute Gasteiger partial charge is 0.387 e. The van der Waals surface area contributed by atoms with Crippen molar-refractivity contribution in [1.82, 2.24) is 24.9 Å². The second-order valence-electron chi connectivity index (χ2n) is 10.2. The summed E-state index contributed by atoms with van der Waals surface area (Å²) in [6, 6.07) is 10.6. The summed E-state index contributed by atoms with van der Waals surface area (Å²) in [6.45, 7) is 0.859. The molecule has 1 aromatic heterocycles. The first-order valence-corrected chi connectivity index (χ1v) is 13.6. The molecule has 2 aliphatic heterocycles. The Balaban J connectivity index is 1.49. The van der Waals surface area contributed by atoms with E-state index in [0.29, 0.717) is 28.8 Å². The molecule has 2 aromatic carbocycles. The first-order valence-electron chi connectivity index (χ1n) is 13.2. The number of carbonyl (C=O) groups excluding carboxylic acids is 3. The monoisotopic (exact) mass is 596 g/mol. The molecule has 0 saturated heterocycles. The van der Waals surface area contributed by atoms with E-state index in [2.05, 4.69) is 15.2 Å². The van der Waals surface area contributed by atoms with Gasteiger partial charge in [0.15, 0.2) is 0 Å². The number of amides is 3. The van der Waals surface area contributed by atoms with Crippen molar-refractivity contribution in [3.63, 3.8) is 0 Å². The van der Waals surface area contributed by atoms with Crippen LogP contribution in [0.5, 0.6) is 5.75 Å². The lowest BCUT2D eigenvalue weighted by atomic mass is 9.95. The van der Waals surface area contributed by atoms with E-state index in [0.717, 1.165) is 0 Å². The van der Waals surface area contributed by atoms with E-state index in [9.17, 15) is 28.4 Å². The van der Waals surface area contributed by atoms with Crippen molar-refractivity contribution in [2.24, 2.45) is 0 Å². The number of nitrogens with one attached hydrogen (secondary N) is 1. The molecule has 3 heterocycles. The maximum atomic E-state index is 14.2. The van der Waals surface area contributed by atoms with E-state index in [-0.39, 0.29) is 53.0 Å². The molecule has 3 atom stereocenters. The number of likely N-dealkylation sites (N-methyl/N-ethyl adjacent to an activating group) is 1. The standard InChI is InChI=1S/C29H27ClF2N6O4/c1-15-10-23-21(13-36(15)27(40)18-6-9-22(30)19(11-18)12-33)25-28(41)38(24(26(39)34-3)14-37(25)35-23)16(2)17-4-7-20(8-5-17)42-29(31)32/h4-9,11,15-16,24,29H,10,13-14H2,1-3H3,(H,34,39)/t15-,16+,24-/m1/s1. The summed E-state index contributed by atoms with van der Waals surface area (Å²) in [7, 11) is 1.48. The zero-order valence-corrected chi connectivity index (χ0v) is 23.7. The van der Waals surface area contributed by atoms with Crippen LogP contribution in [0.15, 0.2) is 42.5 Å². The van der Waals surface area contributed by atoms with Crippen molar-refractivity contribution in [2.75, 3.05) is 7.05 Å². The Morgan fingerprint density at radius 3 is 2.57 bits per heavy atom. The molecule has 0 bridgehead atoms. The predicted molar refractivity (Wildman–Crippen MR) is 147 cm³/mol. The van der Waals surface area contributed by atoms with E-state index in [1.54, 1.807) is 30.0 Å². The average Bonchev–Trinajstić information content (AvgIpc) is 3.33. The van der Waals surface area contributed by atoms with Crippen molar-refractivity contribution in [3.8, 4) is 11.8 Å². The summed E-state index contributed by atoms with van der Waals surface area (Å²) in [4.78, 5) is 43.8. The Morgan fingerprint density at radius 2 is 1.93 bits per heavy atom. The quantitative estimate of drug-likeness (QED) is 0.460. The molecule has 3 amide bonds. The molecule has 1 N–H and O–H groups in total. The number of fused-ring (bicyclic) bond motifs is 3. The van der Waals surface area contributed by atoms with Crippen LogP contribution in [0.1, 0.15) is 63.1 Å². The summed E-state index contributed by atoms with van der Waals surface area (Å²) >= 11 is 6.05. The second-order valence-corrected chi connectivity index (χ2v) is 10.6. The maximum Gasteiger partial charge on any atom is 0.387 e. The molecule has 42 heavy (non-hydrogen) atoms. The molecule has 5 rings (SSSR count). The van der Waals surface area contributed by atoms with Gasteiger partial charge in [0.05, 0.1) is 35.4 Å². The number of alkyl halides is 2. The molecule has 0 spiro atoms. The molecule has 0 aliphatic carbocycles. The molecule has 2 aliphatic rings. The van der Waals surface area contributed by atoms with E-state index in [1.807, 2.05) is 13.0 Å². The number of nitriles is 1. The first kappa shape index (κ1) is 29.0. The number of ether oxygens (including phenoxy) is 1. The maximum absolute atomic E-state index is 14.2. The van der Waals surface area contributed by atoms with Crippen LogP contribution in [0, 0.1) is 11.3 Å². The molecule has 0 radical (unpaired) electrons. The summed E-state index contributed by atoms with van der Waals surface area (Å²) in [5.74, 6) is -1.16. The lowest BCUT2D eigenvalue weighted by molar-refractivity contribution is -0.126. The van der Waals surface area contributed by atoms with Gasteiger partial charge in [-0.1, -0.05) is 23.7 Å². The Labute approximate surface area is 245 Å². The molecule has 0 fully saturated rings. The Bertz CT molecular complexity index is 1600. The van der Waals surface area contributed by atoms with Crippen molar-refractivity contribution in [2.45, 2.75) is 58.1 Å². The van der Waals surface area contributed by atoms with Crippen molar-refractivity contribution in [1.29, 1.82) is 5.26 Å². The van der Waals surface area contributed by atoms with Crippen LogP contribution >= 0.6 is 11.6 Å². The predicted octanol–water partition coefficient (Wildman–Crippen LogP) is 3.93. The van der Waals surface area contributed by atoms with Crippen molar-refractivity contribution >= 4 is 29.3 Å². The summed E-state index contributed by atoms with van der Waals surface area (Å²) in [6.07, 6.45) is 0.388. The fraction of sp³-hybridized carbons (Fsp3) is 0.345. The van der Waals surface area contributed by atoms with E-state index >= 15 is 0 Å². The Hall–Kier alpha value is -4.50. The average molecular weight is 597 g/mol. The van der Waals surface area contributed by atoms with Crippen LogP contribution in [0.4, 0.5) is 8.78 Å². The fourth-order valence-corrected chi connectivity index (χ4v) is 5.73. The Kier molecular flexibility index (Phi) is 7.88. The number of rotatable bonds is 6. The number of benzene rings is 2. The van der Waals surface area contributed by atoms with Crippen LogP contribution in [0.2, 0.25) is 5.02 Å². The highest BCUT2D eigenvalue weighted by Crippen LogP contribution is 2.35. The third-order valence-corrected chi connectivity index (χ3v) is 8.08. The van der Waals surface area contributed by atoms with Crippen molar-refractivity contribution in [3.05, 3.63) is 81.1 Å². The number of halogens is 3. The van der Waals surface area contributed by atoms with Crippen LogP contribution < -0.4 is 10.1 Å². The topological polar surface area (TPSA) is 121 Å². The van der Waals surface area contributed by atoms with Crippen LogP contribution in [-0.2, 0) is 24.3 Å². The first-order chi connectivity index (χ1) is 20.0. The van der Waals surface area contributed by atoms with Gasteiger partial charge < -0.3 is 19.9 Å². The summed E-state index contributed by atoms with van der Waals surface area (Å²) in [5, 5.41) is 16.9. The molecular formula is C29H27ClF2N6O4. The van der Waals surface area contributed by atoms with Crippen LogP contribution in [-0.4, -0.2) is 63.0 Å². The van der Waals surface area contributed by atoms with Gasteiger partial charge in [-0.2, -0.15) is 19.1 Å². The molecule has 218 valence electrons. The zero-order valence-electron chi connectivity index (χ0n) is 23.0. The fourth-order valence-electron chi connectivity index (χ4n) is 5.57. The molecule has 3 aromatic rings. The lowest BCUT2D eigenvalue weighted by Crippen LogP contribution is -2.55. The normalized spacial score (nSPS) is 18.7. The van der Waals surface area contributed by atoms with E-state index in [1.165, 1.54) is 40.9 Å². The van der Waals surface area contributed by atoms with Gasteiger partial charge in [-0.05, 0) is 49.7 Å². The van der Waals surface area contributed by atoms with Gasteiger partial charge in [0, 0.05) is 30.6 Å². The van der Waals surface area contributed by atoms with Gasteiger partial charge >= 0.3 is 6.61 Å². The second kappa shape index (κ2) is 11.4. The summed E-state index contributed by atoms with van der Waals surface area (Å²) < 4.78 is 31.2. The summed E-state index contributed by atoms with van der Waals surface area (Å²) in [5.41, 5.74) is 2.64. The number of hydrogen-bond donors (Lipinski definition) is 1. The van der Waals surface area contributed by atoms with E-state index < -0.39 is 24.6 Å². The van der Waals surface area contributed by atoms with Crippen LogP contribution in [0.3, 0.4) is 0 Å². The highest BCUT2D eigenvalue weighted by atomic mass is 35.5. The minimum Gasteiger partial charge on any atom is -0.435 e. The van der Waals surface area contributed by atoms with Gasteiger partial charge in [-0.15, -0.1) is 0 Å². The van der Waals surface area contributed by atoms with Gasteiger partial charge in [-0.3, -0.25) is 19.1 Å². The molecular weight excluding hydrogens is 570 g/mol. The Morgan fingerprint density at radius 1 is 1.21 bits per heavy atom. The molecule has 10 nitrogen and oxygen atoms in total. The zero-order chi connectivity index (χ0) is 30.3. The molecule has 0 saturated carbocycles. The van der Waals surface area contributed by atoms with Gasteiger partial charge in [0.1, 0.15) is 23.6 Å². The largest absolute Gasteiger partial charge is 0.435 e. The number of nitrogens with zero attached hydrogens (tertiary/aromatic N) is 5. The number of hydrogen-bond acceptors (Lipinski definition) is 6. The SMILES string of the molecule is CNC(=O)[C@H]1Cn2nc3c(c2C(=O)N1[C@@H](C)c1ccc(OC(F)F)cc1)CN(C(=O)c1ccc(Cl)c(C#N)c1)[C@H](C)C3. The van der Waals surface area contributed by atoms with Crippen LogP contribution in [0.25, 0.3) is 0 Å². The molecule has 13 heteroatoms. The highest BCUT2D eigenvalue weighted by molar-refractivity contribution is 6.31. The minimum absolute atomic E-state index is 0.0256.